The monoisotopic (exact) mass is 210 g/mol. The van der Waals surface area contributed by atoms with Crippen molar-refractivity contribution in [1.29, 1.82) is 0 Å². The summed E-state index contributed by atoms with van der Waals surface area (Å²) in [6.45, 7) is 6.16. The van der Waals surface area contributed by atoms with Gasteiger partial charge in [0.25, 0.3) is 0 Å². The Bertz CT molecular complexity index is 269. The van der Waals surface area contributed by atoms with Crippen LogP contribution < -0.4 is 4.74 Å². The zero-order valence-corrected chi connectivity index (χ0v) is 10.2. The van der Waals surface area contributed by atoms with Crippen molar-refractivity contribution >= 4 is 0 Å². The van der Waals surface area contributed by atoms with Gasteiger partial charge in [0.15, 0.2) is 11.5 Å². The predicted octanol–water partition coefficient (Wildman–Crippen LogP) is 3.77. The molecule has 2 heteroatoms. The molecule has 0 bridgehead atoms. The maximum absolute atomic E-state index is 9.34. The summed E-state index contributed by atoms with van der Waals surface area (Å²) in [4.78, 5) is 0. The number of benzene rings is 1. The zero-order chi connectivity index (χ0) is 11.7. The van der Waals surface area contributed by atoms with Gasteiger partial charge in [-0.3, -0.25) is 0 Å². The van der Waals surface area contributed by atoms with Gasteiger partial charge < -0.3 is 9.84 Å². The number of rotatable bonds is 4. The van der Waals surface area contributed by atoms with Crippen molar-refractivity contribution < 1.29 is 9.84 Å². The maximum atomic E-state index is 9.34. The highest BCUT2D eigenvalue weighted by atomic mass is 16.5. The molecule has 0 atom stereocenters. The summed E-state index contributed by atoms with van der Waals surface area (Å²) in [5.74, 6) is 0.774. The molecule has 0 aliphatic heterocycles. The lowest BCUT2D eigenvalue weighted by molar-refractivity contribution is 0.373. The summed E-state index contributed by atoms with van der Waals surface area (Å²) in [6, 6.07) is 5.52. The van der Waals surface area contributed by atoms with Crippen molar-refractivity contribution in [3.8, 4) is 11.5 Å². The molecule has 86 valence electrons. The van der Waals surface area contributed by atoms with Crippen molar-refractivity contribution in [2.45, 2.75) is 40.0 Å². The Kier molecular flexibility index (Phi) is 7.51. The Morgan fingerprint density at radius 2 is 1.93 bits per heavy atom. The van der Waals surface area contributed by atoms with Gasteiger partial charge in [-0.1, -0.05) is 33.3 Å². The number of aromatic hydroxyl groups is 1. The van der Waals surface area contributed by atoms with E-state index < -0.39 is 0 Å². The molecule has 0 amide bonds. The van der Waals surface area contributed by atoms with Crippen molar-refractivity contribution in [1.82, 2.24) is 0 Å². The first-order chi connectivity index (χ1) is 7.27. The van der Waals surface area contributed by atoms with Crippen LogP contribution in [0.2, 0.25) is 0 Å². The molecule has 0 aromatic heterocycles. The summed E-state index contributed by atoms with van der Waals surface area (Å²) in [7, 11) is 1.57. The van der Waals surface area contributed by atoms with Crippen LogP contribution in [-0.2, 0) is 6.42 Å². The van der Waals surface area contributed by atoms with E-state index >= 15 is 0 Å². The Hall–Kier alpha value is -1.18. The maximum Gasteiger partial charge on any atom is 0.160 e. The Balaban J connectivity index is 0.000000921. The smallest absolute Gasteiger partial charge is 0.160 e. The van der Waals surface area contributed by atoms with Gasteiger partial charge in [-0.15, -0.1) is 0 Å². The molecule has 1 aromatic rings. The number of ether oxygens (including phenoxy) is 1. The highest BCUT2D eigenvalue weighted by molar-refractivity contribution is 5.41. The van der Waals surface area contributed by atoms with Crippen LogP contribution in [0, 0.1) is 0 Å². The molecule has 0 saturated carbocycles. The second kappa shape index (κ2) is 8.16. The molecule has 0 fully saturated rings. The number of unbranched alkanes of at least 4 members (excludes halogenated alkanes) is 1. The van der Waals surface area contributed by atoms with E-state index in [1.54, 1.807) is 13.2 Å². The fraction of sp³-hybridized carbons (Fsp3) is 0.538. The molecule has 2 nitrogen and oxygen atoms in total. The van der Waals surface area contributed by atoms with E-state index in [1.807, 2.05) is 26.0 Å². The van der Waals surface area contributed by atoms with Crippen LogP contribution in [0.4, 0.5) is 0 Å². The van der Waals surface area contributed by atoms with Gasteiger partial charge in [-0.25, -0.2) is 0 Å². The van der Waals surface area contributed by atoms with Gasteiger partial charge in [-0.05, 0) is 30.5 Å². The third kappa shape index (κ3) is 4.73. The number of hydrogen-bond acceptors (Lipinski definition) is 2. The lowest BCUT2D eigenvalue weighted by atomic mass is 10.1. The van der Waals surface area contributed by atoms with E-state index in [9.17, 15) is 5.11 Å². The first kappa shape index (κ1) is 13.8. The lowest BCUT2D eigenvalue weighted by Crippen LogP contribution is -1.88. The standard InChI is InChI=1S/C11H16O2.C2H6/c1-3-4-5-9-6-7-10(12)11(8-9)13-2;1-2/h6-8,12H,3-5H2,1-2H3;1-2H3. The quantitative estimate of drug-likeness (QED) is 0.819. The average Bonchev–Trinajstić information content (AvgIpc) is 2.30. The molecule has 0 radical (unpaired) electrons. The number of phenolic OH excluding ortho intramolecular Hbond substituents is 1. The second-order valence-corrected chi connectivity index (χ2v) is 3.11. The minimum atomic E-state index is 0.211. The third-order valence-corrected chi connectivity index (χ3v) is 2.06. The molecular weight excluding hydrogens is 188 g/mol. The molecule has 0 saturated heterocycles. The minimum absolute atomic E-state index is 0.211. The molecule has 0 heterocycles. The van der Waals surface area contributed by atoms with Gasteiger partial charge in [0.05, 0.1) is 7.11 Å². The average molecular weight is 210 g/mol. The first-order valence-corrected chi connectivity index (χ1v) is 5.63. The van der Waals surface area contributed by atoms with Crippen LogP contribution in [0.5, 0.6) is 11.5 Å². The van der Waals surface area contributed by atoms with Crippen LogP contribution in [0.15, 0.2) is 18.2 Å². The highest BCUT2D eigenvalue weighted by Gasteiger charge is 2.01. The van der Waals surface area contributed by atoms with Gasteiger partial charge in [0, 0.05) is 0 Å². The van der Waals surface area contributed by atoms with Crippen LogP contribution in [-0.4, -0.2) is 12.2 Å². The fourth-order valence-electron chi connectivity index (χ4n) is 1.26. The van der Waals surface area contributed by atoms with Crippen molar-refractivity contribution in [3.05, 3.63) is 23.8 Å². The summed E-state index contributed by atoms with van der Waals surface area (Å²) in [5, 5.41) is 9.34. The van der Waals surface area contributed by atoms with E-state index in [0.29, 0.717) is 5.75 Å². The SMILES string of the molecule is CC.CCCCc1ccc(O)c(OC)c1. The fourth-order valence-corrected chi connectivity index (χ4v) is 1.26. The number of hydrogen-bond donors (Lipinski definition) is 1. The molecule has 1 rings (SSSR count). The topological polar surface area (TPSA) is 29.5 Å². The second-order valence-electron chi connectivity index (χ2n) is 3.11. The van der Waals surface area contributed by atoms with Crippen molar-refractivity contribution in [3.63, 3.8) is 0 Å². The van der Waals surface area contributed by atoms with Gasteiger partial charge in [-0.2, -0.15) is 0 Å². The summed E-state index contributed by atoms with van der Waals surface area (Å²) >= 11 is 0. The molecule has 1 N–H and O–H groups in total. The predicted molar refractivity (Wildman–Crippen MR) is 64.6 cm³/mol. The Morgan fingerprint density at radius 1 is 1.27 bits per heavy atom. The van der Waals surface area contributed by atoms with E-state index in [0.717, 1.165) is 6.42 Å². The number of aryl methyl sites for hydroxylation is 1. The largest absolute Gasteiger partial charge is 0.504 e. The minimum Gasteiger partial charge on any atom is -0.504 e. The highest BCUT2D eigenvalue weighted by Crippen LogP contribution is 2.26. The normalized spacial score (nSPS) is 9.07. The first-order valence-electron chi connectivity index (χ1n) is 5.63. The Morgan fingerprint density at radius 3 is 2.47 bits per heavy atom. The van der Waals surface area contributed by atoms with E-state index in [1.165, 1.54) is 18.4 Å². The van der Waals surface area contributed by atoms with Gasteiger partial charge >= 0.3 is 0 Å². The van der Waals surface area contributed by atoms with Crippen molar-refractivity contribution in [2.75, 3.05) is 7.11 Å². The number of methoxy groups -OCH3 is 1. The van der Waals surface area contributed by atoms with E-state index in [2.05, 4.69) is 6.92 Å². The third-order valence-electron chi connectivity index (χ3n) is 2.06. The molecule has 0 spiro atoms. The van der Waals surface area contributed by atoms with E-state index in [-0.39, 0.29) is 5.75 Å². The summed E-state index contributed by atoms with van der Waals surface area (Å²) in [5.41, 5.74) is 1.22. The molecule has 0 aliphatic carbocycles. The van der Waals surface area contributed by atoms with Gasteiger partial charge in [0.2, 0.25) is 0 Å². The summed E-state index contributed by atoms with van der Waals surface area (Å²) in [6.07, 6.45) is 3.41. The van der Waals surface area contributed by atoms with Crippen molar-refractivity contribution in [2.24, 2.45) is 0 Å². The molecule has 15 heavy (non-hydrogen) atoms. The lowest BCUT2D eigenvalue weighted by Gasteiger charge is -2.05. The molecular formula is C13H22O2. The molecule has 0 aliphatic rings. The van der Waals surface area contributed by atoms with Crippen LogP contribution in [0.25, 0.3) is 0 Å². The summed E-state index contributed by atoms with van der Waals surface area (Å²) < 4.78 is 5.02. The van der Waals surface area contributed by atoms with Crippen LogP contribution in [0.1, 0.15) is 39.2 Å². The van der Waals surface area contributed by atoms with E-state index in [4.69, 9.17) is 4.74 Å². The zero-order valence-electron chi connectivity index (χ0n) is 10.2. The molecule has 1 aromatic carbocycles. The van der Waals surface area contributed by atoms with Crippen LogP contribution in [0.3, 0.4) is 0 Å². The number of phenols is 1. The Labute approximate surface area is 92.9 Å². The molecule has 0 unspecified atom stereocenters. The van der Waals surface area contributed by atoms with Gasteiger partial charge in [0.1, 0.15) is 0 Å². The van der Waals surface area contributed by atoms with Crippen LogP contribution >= 0.6 is 0 Å².